The molecule has 6 heteroatoms. The van der Waals surface area contributed by atoms with Crippen molar-refractivity contribution in [3.63, 3.8) is 0 Å². The molecule has 1 aliphatic rings. The van der Waals surface area contributed by atoms with E-state index in [9.17, 15) is 14.7 Å². The van der Waals surface area contributed by atoms with Crippen LogP contribution in [0.1, 0.15) is 27.7 Å². The van der Waals surface area contributed by atoms with E-state index >= 15 is 0 Å². The Morgan fingerprint density at radius 1 is 1.16 bits per heavy atom. The fourth-order valence-electron chi connectivity index (χ4n) is 2.17. The highest BCUT2D eigenvalue weighted by molar-refractivity contribution is 5.91. The lowest BCUT2D eigenvalue weighted by Crippen LogP contribution is -2.64. The summed E-state index contributed by atoms with van der Waals surface area (Å²) in [6.45, 7) is 10.1. The van der Waals surface area contributed by atoms with E-state index in [0.29, 0.717) is 0 Å². The van der Waals surface area contributed by atoms with Crippen molar-refractivity contribution < 1.29 is 14.7 Å². The largest absolute Gasteiger partial charge is 0.480 e. The van der Waals surface area contributed by atoms with Crippen molar-refractivity contribution in [3.8, 4) is 0 Å². The van der Waals surface area contributed by atoms with E-state index in [4.69, 9.17) is 0 Å². The molecule has 1 amide bonds. The molecule has 0 unspecified atom stereocenters. The van der Waals surface area contributed by atoms with E-state index in [-0.39, 0.29) is 5.91 Å². The van der Waals surface area contributed by atoms with Crippen molar-refractivity contribution in [3.05, 3.63) is 0 Å². The van der Waals surface area contributed by atoms with Gasteiger partial charge in [-0.1, -0.05) is 0 Å². The minimum Gasteiger partial charge on any atom is -0.480 e. The Bertz CT molecular complexity index is 360. The summed E-state index contributed by atoms with van der Waals surface area (Å²) in [6.07, 6.45) is 0. The van der Waals surface area contributed by atoms with Crippen LogP contribution in [-0.4, -0.2) is 71.1 Å². The van der Waals surface area contributed by atoms with Crippen molar-refractivity contribution in [1.82, 2.24) is 15.1 Å². The molecule has 1 heterocycles. The summed E-state index contributed by atoms with van der Waals surface area (Å²) in [4.78, 5) is 27.3. The number of nitrogens with one attached hydrogen (secondary N) is 1. The molecule has 0 aromatic rings. The maximum atomic E-state index is 12.6. The third kappa shape index (κ3) is 3.06. The molecule has 2 N–H and O–H groups in total. The van der Waals surface area contributed by atoms with Crippen molar-refractivity contribution in [2.45, 2.75) is 38.8 Å². The number of carboxylic acids is 1. The van der Waals surface area contributed by atoms with E-state index < -0.39 is 17.0 Å². The molecule has 0 saturated carbocycles. The van der Waals surface area contributed by atoms with Crippen LogP contribution in [0.3, 0.4) is 0 Å². The first-order chi connectivity index (χ1) is 8.61. The number of carbonyl (C=O) groups excluding carboxylic acids is 1. The molecule has 0 atom stereocenters. The number of aliphatic carboxylic acids is 1. The quantitative estimate of drug-likeness (QED) is 0.752. The number of carboxylic acid groups (broad SMARTS) is 1. The first-order valence-electron chi connectivity index (χ1n) is 6.59. The summed E-state index contributed by atoms with van der Waals surface area (Å²) >= 11 is 0. The topological polar surface area (TPSA) is 72.9 Å². The Balaban J connectivity index is 2.88. The molecule has 1 aliphatic heterocycles. The average molecular weight is 271 g/mol. The van der Waals surface area contributed by atoms with Gasteiger partial charge in [0.05, 0.1) is 5.54 Å². The van der Waals surface area contributed by atoms with Gasteiger partial charge in [-0.25, -0.2) is 4.79 Å². The maximum absolute atomic E-state index is 12.6. The number of likely N-dealkylation sites (N-methyl/N-ethyl adjacent to an activating group) is 1. The van der Waals surface area contributed by atoms with Crippen LogP contribution in [0.2, 0.25) is 0 Å². The van der Waals surface area contributed by atoms with Crippen LogP contribution in [0.25, 0.3) is 0 Å². The van der Waals surface area contributed by atoms with Gasteiger partial charge in [0.2, 0.25) is 5.91 Å². The number of carbonyl (C=O) groups is 2. The van der Waals surface area contributed by atoms with Crippen molar-refractivity contribution >= 4 is 11.9 Å². The van der Waals surface area contributed by atoms with Gasteiger partial charge in [0.15, 0.2) is 0 Å². The summed E-state index contributed by atoms with van der Waals surface area (Å²) in [5.41, 5.74) is -1.90. The molecule has 0 radical (unpaired) electrons. The molecular weight excluding hydrogens is 246 g/mol. The minimum absolute atomic E-state index is 0.165. The molecule has 0 aromatic carbocycles. The molecule has 110 valence electrons. The van der Waals surface area contributed by atoms with E-state index in [1.165, 1.54) is 4.90 Å². The second-order valence-electron chi connectivity index (χ2n) is 6.02. The summed E-state index contributed by atoms with van der Waals surface area (Å²) in [5.74, 6) is -1.17. The molecular formula is C13H25N3O3. The lowest BCUT2D eigenvalue weighted by atomic mass is 9.95. The van der Waals surface area contributed by atoms with Gasteiger partial charge in [0.1, 0.15) is 5.54 Å². The van der Waals surface area contributed by atoms with Gasteiger partial charge in [-0.15, -0.1) is 0 Å². The van der Waals surface area contributed by atoms with E-state index in [1.807, 2.05) is 13.8 Å². The molecule has 1 fully saturated rings. The number of nitrogens with zero attached hydrogens (tertiary/aromatic N) is 2. The molecule has 0 spiro atoms. The van der Waals surface area contributed by atoms with Gasteiger partial charge < -0.3 is 15.3 Å². The molecule has 0 aliphatic carbocycles. The van der Waals surface area contributed by atoms with Gasteiger partial charge in [-0.3, -0.25) is 9.69 Å². The molecule has 1 rings (SSSR count). The van der Waals surface area contributed by atoms with E-state index in [1.54, 1.807) is 20.9 Å². The highest BCUT2D eigenvalue weighted by atomic mass is 16.4. The number of piperazine rings is 1. The number of rotatable bonds is 4. The molecule has 0 aromatic heterocycles. The summed E-state index contributed by atoms with van der Waals surface area (Å²) in [7, 11) is 1.56. The predicted molar refractivity (Wildman–Crippen MR) is 73.0 cm³/mol. The lowest BCUT2D eigenvalue weighted by molar-refractivity contribution is -0.160. The predicted octanol–water partition coefficient (Wildman–Crippen LogP) is -0.00820. The second-order valence-corrected chi connectivity index (χ2v) is 6.02. The monoisotopic (exact) mass is 271 g/mol. The van der Waals surface area contributed by atoms with Gasteiger partial charge in [0, 0.05) is 33.2 Å². The summed E-state index contributed by atoms with van der Waals surface area (Å²) < 4.78 is 0. The third-order valence-electron chi connectivity index (χ3n) is 4.10. The summed E-state index contributed by atoms with van der Waals surface area (Å²) in [6, 6.07) is 0. The SMILES string of the molecule is CN(C(=O)C(C)(C)N1CCNCC1)C(C)(C)C(=O)O. The minimum atomic E-state index is -1.21. The lowest BCUT2D eigenvalue weighted by Gasteiger charge is -2.44. The van der Waals surface area contributed by atoms with Crippen LogP contribution < -0.4 is 5.32 Å². The van der Waals surface area contributed by atoms with Gasteiger partial charge in [-0.05, 0) is 27.7 Å². The first kappa shape index (κ1) is 15.9. The highest BCUT2D eigenvalue weighted by Crippen LogP contribution is 2.23. The zero-order chi connectivity index (χ0) is 14.8. The standard InChI is InChI=1S/C13H25N3O3/c1-12(2,16-8-6-14-7-9-16)10(17)15(5)13(3,4)11(18)19/h14H,6-9H2,1-5H3,(H,18,19). The average Bonchev–Trinajstić information content (AvgIpc) is 2.37. The van der Waals surface area contributed by atoms with Crippen LogP contribution >= 0.6 is 0 Å². The zero-order valence-corrected chi connectivity index (χ0v) is 12.5. The molecule has 1 saturated heterocycles. The highest BCUT2D eigenvalue weighted by Gasteiger charge is 2.43. The second kappa shape index (κ2) is 5.46. The van der Waals surface area contributed by atoms with Crippen LogP contribution in [0.5, 0.6) is 0 Å². The van der Waals surface area contributed by atoms with Crippen LogP contribution in [0.15, 0.2) is 0 Å². The Labute approximate surface area is 114 Å². The third-order valence-corrected chi connectivity index (χ3v) is 4.10. The van der Waals surface area contributed by atoms with Crippen molar-refractivity contribution in [2.24, 2.45) is 0 Å². The Hall–Kier alpha value is -1.14. The smallest absolute Gasteiger partial charge is 0.329 e. The number of hydrogen-bond acceptors (Lipinski definition) is 4. The van der Waals surface area contributed by atoms with Crippen LogP contribution in [-0.2, 0) is 9.59 Å². The summed E-state index contributed by atoms with van der Waals surface area (Å²) in [5, 5.41) is 12.5. The van der Waals surface area contributed by atoms with E-state index in [0.717, 1.165) is 26.2 Å². The number of hydrogen-bond donors (Lipinski definition) is 2. The van der Waals surface area contributed by atoms with E-state index in [2.05, 4.69) is 10.2 Å². The van der Waals surface area contributed by atoms with Gasteiger partial charge in [0.25, 0.3) is 0 Å². The molecule has 19 heavy (non-hydrogen) atoms. The first-order valence-corrected chi connectivity index (χ1v) is 6.59. The molecule has 6 nitrogen and oxygen atoms in total. The van der Waals surface area contributed by atoms with Crippen molar-refractivity contribution in [1.29, 1.82) is 0 Å². The number of amides is 1. The van der Waals surface area contributed by atoms with Gasteiger partial charge in [-0.2, -0.15) is 0 Å². The molecule has 0 bridgehead atoms. The maximum Gasteiger partial charge on any atom is 0.329 e. The van der Waals surface area contributed by atoms with Gasteiger partial charge >= 0.3 is 5.97 Å². The Kier molecular flexibility index (Phi) is 4.58. The Morgan fingerprint density at radius 3 is 2.05 bits per heavy atom. The normalized spacial score (nSPS) is 18.2. The van der Waals surface area contributed by atoms with Crippen LogP contribution in [0.4, 0.5) is 0 Å². The zero-order valence-electron chi connectivity index (χ0n) is 12.5. The fourth-order valence-corrected chi connectivity index (χ4v) is 2.17. The van der Waals surface area contributed by atoms with Crippen LogP contribution in [0, 0.1) is 0 Å². The fraction of sp³-hybridized carbons (Fsp3) is 0.846. The Morgan fingerprint density at radius 2 is 1.63 bits per heavy atom. The van der Waals surface area contributed by atoms with Crippen molar-refractivity contribution in [2.75, 3.05) is 33.2 Å².